The third-order valence-corrected chi connectivity index (χ3v) is 5.19. The van der Waals surface area contributed by atoms with Crippen LogP contribution in [0.15, 0.2) is 60.7 Å². The third kappa shape index (κ3) is 6.51. The Bertz CT molecular complexity index is 1050. The molecule has 0 aliphatic carbocycles. The summed E-state index contributed by atoms with van der Waals surface area (Å²) in [6, 6.07) is 20.2. The quantitative estimate of drug-likeness (QED) is 0.419. The SMILES string of the molecule is CCOc1cc(CNc2ccc(CC)cc2)ccc1OCC(=O)Nc1cc(C)ccc1C. The number of hydrogen-bond acceptors (Lipinski definition) is 4. The summed E-state index contributed by atoms with van der Waals surface area (Å²) in [7, 11) is 0. The minimum Gasteiger partial charge on any atom is -0.490 e. The second-order valence-electron chi connectivity index (χ2n) is 7.77. The van der Waals surface area contributed by atoms with Crippen LogP contribution in [0.3, 0.4) is 0 Å². The smallest absolute Gasteiger partial charge is 0.262 e. The Labute approximate surface area is 190 Å². The Morgan fingerprint density at radius 2 is 1.59 bits per heavy atom. The first kappa shape index (κ1) is 23.2. The van der Waals surface area contributed by atoms with Gasteiger partial charge in [-0.3, -0.25) is 4.79 Å². The third-order valence-electron chi connectivity index (χ3n) is 5.19. The van der Waals surface area contributed by atoms with Gasteiger partial charge in [0.25, 0.3) is 5.91 Å². The zero-order chi connectivity index (χ0) is 22.9. The van der Waals surface area contributed by atoms with Gasteiger partial charge in [0.15, 0.2) is 18.1 Å². The number of amides is 1. The molecule has 0 unspecified atom stereocenters. The van der Waals surface area contributed by atoms with Crippen molar-refractivity contribution in [2.45, 2.75) is 40.7 Å². The second-order valence-corrected chi connectivity index (χ2v) is 7.77. The van der Waals surface area contributed by atoms with Crippen LogP contribution in [-0.2, 0) is 17.8 Å². The molecule has 2 N–H and O–H groups in total. The topological polar surface area (TPSA) is 59.6 Å². The predicted octanol–water partition coefficient (Wildman–Crippen LogP) is 5.89. The van der Waals surface area contributed by atoms with E-state index in [1.165, 1.54) is 5.56 Å². The van der Waals surface area contributed by atoms with Crippen LogP contribution in [0.1, 0.15) is 36.1 Å². The monoisotopic (exact) mass is 432 g/mol. The maximum Gasteiger partial charge on any atom is 0.262 e. The van der Waals surface area contributed by atoms with E-state index in [0.29, 0.717) is 24.7 Å². The molecular formula is C27H32N2O3. The number of ether oxygens (including phenoxy) is 2. The summed E-state index contributed by atoms with van der Waals surface area (Å²) < 4.78 is 11.5. The van der Waals surface area contributed by atoms with E-state index in [0.717, 1.165) is 34.5 Å². The first-order valence-electron chi connectivity index (χ1n) is 11.1. The lowest BCUT2D eigenvalue weighted by Crippen LogP contribution is -2.21. The van der Waals surface area contributed by atoms with E-state index < -0.39 is 0 Å². The molecule has 3 aromatic rings. The Balaban J connectivity index is 1.60. The maximum atomic E-state index is 12.4. The Morgan fingerprint density at radius 3 is 2.31 bits per heavy atom. The summed E-state index contributed by atoms with van der Waals surface area (Å²) in [5.41, 5.74) is 6.37. The minimum absolute atomic E-state index is 0.0885. The first-order chi connectivity index (χ1) is 15.5. The molecule has 0 aliphatic rings. The highest BCUT2D eigenvalue weighted by atomic mass is 16.5. The van der Waals surface area contributed by atoms with Crippen LogP contribution in [0.2, 0.25) is 0 Å². The molecule has 5 heteroatoms. The van der Waals surface area contributed by atoms with Crippen molar-refractivity contribution in [1.29, 1.82) is 0 Å². The van der Waals surface area contributed by atoms with E-state index >= 15 is 0 Å². The maximum absolute atomic E-state index is 12.4. The Hall–Kier alpha value is -3.47. The molecular weight excluding hydrogens is 400 g/mol. The van der Waals surface area contributed by atoms with Crippen molar-refractivity contribution in [2.75, 3.05) is 23.8 Å². The molecule has 0 fully saturated rings. The predicted molar refractivity (Wildman–Crippen MR) is 131 cm³/mol. The van der Waals surface area contributed by atoms with Crippen molar-refractivity contribution >= 4 is 17.3 Å². The van der Waals surface area contributed by atoms with Gasteiger partial charge in [-0.15, -0.1) is 0 Å². The highest BCUT2D eigenvalue weighted by Crippen LogP contribution is 2.29. The largest absolute Gasteiger partial charge is 0.490 e. The van der Waals surface area contributed by atoms with Crippen LogP contribution >= 0.6 is 0 Å². The number of aryl methyl sites for hydroxylation is 3. The Morgan fingerprint density at radius 1 is 0.844 bits per heavy atom. The van der Waals surface area contributed by atoms with E-state index in [-0.39, 0.29) is 12.5 Å². The average molecular weight is 433 g/mol. The number of rotatable bonds is 10. The molecule has 0 spiro atoms. The summed E-state index contributed by atoms with van der Waals surface area (Å²) >= 11 is 0. The van der Waals surface area contributed by atoms with Crippen LogP contribution in [0.25, 0.3) is 0 Å². The van der Waals surface area contributed by atoms with Crippen molar-refractivity contribution in [3.8, 4) is 11.5 Å². The summed E-state index contributed by atoms with van der Waals surface area (Å²) in [6.07, 6.45) is 1.03. The fourth-order valence-electron chi connectivity index (χ4n) is 3.31. The molecule has 0 aliphatic heterocycles. The highest BCUT2D eigenvalue weighted by Gasteiger charge is 2.11. The molecule has 168 valence electrons. The van der Waals surface area contributed by atoms with Gasteiger partial charge in [0.05, 0.1) is 6.61 Å². The van der Waals surface area contributed by atoms with Gasteiger partial charge < -0.3 is 20.1 Å². The zero-order valence-corrected chi connectivity index (χ0v) is 19.3. The van der Waals surface area contributed by atoms with Crippen molar-refractivity contribution in [2.24, 2.45) is 0 Å². The van der Waals surface area contributed by atoms with Gasteiger partial charge in [-0.05, 0) is 79.8 Å². The van der Waals surface area contributed by atoms with E-state index in [4.69, 9.17) is 9.47 Å². The number of anilines is 2. The number of carbonyl (C=O) groups excluding carboxylic acids is 1. The number of nitrogens with one attached hydrogen (secondary N) is 2. The lowest BCUT2D eigenvalue weighted by molar-refractivity contribution is -0.118. The van der Waals surface area contributed by atoms with Crippen LogP contribution in [0.4, 0.5) is 11.4 Å². The fraction of sp³-hybridized carbons (Fsp3) is 0.296. The van der Waals surface area contributed by atoms with Crippen molar-refractivity contribution in [3.63, 3.8) is 0 Å². The van der Waals surface area contributed by atoms with E-state index in [9.17, 15) is 4.79 Å². The van der Waals surface area contributed by atoms with Gasteiger partial charge in [0.1, 0.15) is 0 Å². The molecule has 0 radical (unpaired) electrons. The van der Waals surface area contributed by atoms with Gasteiger partial charge in [-0.25, -0.2) is 0 Å². The molecule has 0 saturated carbocycles. The molecule has 0 atom stereocenters. The van der Waals surface area contributed by atoms with Gasteiger partial charge in [-0.2, -0.15) is 0 Å². The number of carbonyl (C=O) groups is 1. The summed E-state index contributed by atoms with van der Waals surface area (Å²) in [6.45, 7) is 9.13. The van der Waals surface area contributed by atoms with Crippen molar-refractivity contribution in [3.05, 3.63) is 82.9 Å². The van der Waals surface area contributed by atoms with Crippen LogP contribution in [0.5, 0.6) is 11.5 Å². The second kappa shape index (κ2) is 11.2. The first-order valence-corrected chi connectivity index (χ1v) is 11.1. The summed E-state index contributed by atoms with van der Waals surface area (Å²) in [5, 5.41) is 6.34. The van der Waals surface area contributed by atoms with Gasteiger partial charge >= 0.3 is 0 Å². The molecule has 5 nitrogen and oxygen atoms in total. The normalized spacial score (nSPS) is 10.5. The molecule has 0 bridgehead atoms. The van der Waals surface area contributed by atoms with E-state index in [1.54, 1.807) is 0 Å². The average Bonchev–Trinajstić information content (AvgIpc) is 2.80. The summed E-state index contributed by atoms with van der Waals surface area (Å²) in [4.78, 5) is 12.4. The van der Waals surface area contributed by atoms with E-state index in [2.05, 4.69) is 41.8 Å². The van der Waals surface area contributed by atoms with Crippen LogP contribution < -0.4 is 20.1 Å². The highest BCUT2D eigenvalue weighted by molar-refractivity contribution is 5.92. The molecule has 0 heterocycles. The van der Waals surface area contributed by atoms with Crippen molar-refractivity contribution < 1.29 is 14.3 Å². The van der Waals surface area contributed by atoms with Crippen LogP contribution in [-0.4, -0.2) is 19.1 Å². The molecule has 32 heavy (non-hydrogen) atoms. The zero-order valence-electron chi connectivity index (χ0n) is 19.3. The molecule has 0 aromatic heterocycles. The molecule has 3 aromatic carbocycles. The van der Waals surface area contributed by atoms with Crippen molar-refractivity contribution in [1.82, 2.24) is 0 Å². The number of benzene rings is 3. The standard InChI is InChI=1S/C27H32N2O3/c1-5-21-9-12-23(13-10-21)28-17-22-11-14-25(26(16-22)31-6-2)32-18-27(30)29-24-15-19(3)7-8-20(24)4/h7-16,28H,5-6,17-18H2,1-4H3,(H,29,30). The minimum atomic E-state index is -0.206. The van der Waals surface area contributed by atoms with Gasteiger partial charge in [-0.1, -0.05) is 37.3 Å². The van der Waals surface area contributed by atoms with E-state index in [1.807, 2.05) is 57.2 Å². The molecule has 0 saturated heterocycles. The Kier molecular flexibility index (Phi) is 8.14. The lowest BCUT2D eigenvalue weighted by atomic mass is 10.1. The summed E-state index contributed by atoms with van der Waals surface area (Å²) in [5.74, 6) is 0.981. The van der Waals surface area contributed by atoms with Crippen LogP contribution in [0, 0.1) is 13.8 Å². The fourth-order valence-corrected chi connectivity index (χ4v) is 3.31. The number of hydrogen-bond donors (Lipinski definition) is 2. The van der Waals surface area contributed by atoms with Gasteiger partial charge in [0, 0.05) is 17.9 Å². The lowest BCUT2D eigenvalue weighted by Gasteiger charge is -2.15. The molecule has 3 rings (SSSR count). The van der Waals surface area contributed by atoms with Gasteiger partial charge in [0.2, 0.25) is 0 Å². The molecule has 1 amide bonds.